The number of nitrogens with zero attached hydrogens (tertiary/aromatic N) is 5. The Kier molecular flexibility index (Phi) is 12.9. The van der Waals surface area contributed by atoms with Crippen LogP contribution in [0.3, 0.4) is 0 Å². The highest BCUT2D eigenvalue weighted by Crippen LogP contribution is 2.58. The van der Waals surface area contributed by atoms with Crippen molar-refractivity contribution < 1.29 is 4.74 Å². The first-order valence-electron chi connectivity index (χ1n) is 32.4. The number of hydrogen-bond donors (Lipinski definition) is 0. The Morgan fingerprint density at radius 1 is 0.355 bits per heavy atom. The van der Waals surface area contributed by atoms with Crippen LogP contribution in [0.4, 0.5) is 22.7 Å². The van der Waals surface area contributed by atoms with Crippen LogP contribution in [0.2, 0.25) is 0 Å². The van der Waals surface area contributed by atoms with Gasteiger partial charge in [0.1, 0.15) is 24.0 Å². The summed E-state index contributed by atoms with van der Waals surface area (Å²) >= 11 is 0. The number of pyridine rings is 1. The van der Waals surface area contributed by atoms with Crippen LogP contribution in [0.1, 0.15) is 74.9 Å². The number of benzene rings is 12. The van der Waals surface area contributed by atoms with Crippen molar-refractivity contribution in [2.45, 2.75) is 57.8 Å². The lowest BCUT2D eigenvalue weighted by Crippen LogP contribution is -2.30. The first kappa shape index (κ1) is 55.8. The van der Waals surface area contributed by atoms with Gasteiger partial charge in [-0.15, -0.1) is 0 Å². The molecule has 12 aromatic carbocycles. The SMILES string of the molecule is CC(C)(C)c1cc(C(C)(C)C)cc(C2(c3ccnc(-n4c5ccccc5c5ccc(Oc6cccc(N7CN(c8c(-c9ccccc9)cc(-n9c%10ccccc%10c%10ccccc%109)cc8-c8ccccc8)c8ccccc87)c6)cc54)c3)c3ccccc3-c3ccccc32)c1. The fraction of sp³-hybridized carbons (Fsp3) is 0.115. The number of hydrogen-bond acceptors (Lipinski definition) is 4. The van der Waals surface area contributed by atoms with E-state index >= 15 is 0 Å². The highest BCUT2D eigenvalue weighted by molar-refractivity contribution is 6.11. The topological polar surface area (TPSA) is 38.5 Å². The van der Waals surface area contributed by atoms with Gasteiger partial charge in [0.15, 0.2) is 0 Å². The van der Waals surface area contributed by atoms with E-state index in [2.05, 4.69) is 352 Å². The molecule has 2 aliphatic rings. The van der Waals surface area contributed by atoms with Crippen molar-refractivity contribution in [3.8, 4) is 56.4 Å². The number of anilines is 4. The van der Waals surface area contributed by atoms with Crippen LogP contribution in [0, 0.1) is 0 Å². The highest BCUT2D eigenvalue weighted by Gasteiger charge is 2.47. The van der Waals surface area contributed by atoms with Crippen LogP contribution in [0.15, 0.2) is 297 Å². The molecular formula is C87H69N5O. The molecule has 1 aliphatic carbocycles. The molecule has 15 aromatic rings. The quantitative estimate of drug-likeness (QED) is 0.137. The number of para-hydroxylation sites is 5. The lowest BCUT2D eigenvalue weighted by molar-refractivity contribution is 0.483. The molecular weight excluding hydrogens is 1130 g/mol. The molecule has 0 bridgehead atoms. The van der Waals surface area contributed by atoms with Gasteiger partial charge in [-0.25, -0.2) is 4.98 Å². The molecule has 17 rings (SSSR count). The van der Waals surface area contributed by atoms with Gasteiger partial charge in [-0.05, 0) is 145 Å². The van der Waals surface area contributed by atoms with Gasteiger partial charge in [-0.1, -0.05) is 242 Å². The van der Waals surface area contributed by atoms with E-state index in [-0.39, 0.29) is 10.8 Å². The molecule has 3 aromatic heterocycles. The maximum atomic E-state index is 7.09. The van der Waals surface area contributed by atoms with Crippen LogP contribution < -0.4 is 14.5 Å². The van der Waals surface area contributed by atoms with Crippen molar-refractivity contribution in [3.63, 3.8) is 0 Å². The summed E-state index contributed by atoms with van der Waals surface area (Å²) in [5.41, 5.74) is 23.8. The molecule has 0 fully saturated rings. The normalized spacial score (nSPS) is 13.5. The first-order valence-corrected chi connectivity index (χ1v) is 32.4. The number of aromatic nitrogens is 3. The molecule has 0 amide bonds. The van der Waals surface area contributed by atoms with Crippen LogP contribution in [0.25, 0.3) is 88.5 Å². The van der Waals surface area contributed by atoms with Gasteiger partial charge in [0, 0.05) is 62.4 Å². The zero-order chi connectivity index (χ0) is 62.7. The molecule has 0 spiro atoms. The summed E-state index contributed by atoms with van der Waals surface area (Å²) in [5.74, 6) is 2.31. The summed E-state index contributed by atoms with van der Waals surface area (Å²) in [6.07, 6.45) is 2.02. The standard InChI is InChI=1S/C87H69N5O/c1-85(2,3)60-48-61(86(4,5)6)50-62(49-60)87(75-37-18-13-32-67(75)68-33-14-19-38-76(68)87)59-46-47-88-83(51-59)92-79-41-22-17-36-71(79)72-45-44-66(55-82(72)92)93-65-31-25-30-63(52-65)89-56-90(81-43-24-23-42-80(81)89)84-73(57-26-9-7-10-27-57)53-64(54-74(84)58-28-11-8-12-29-58)91-77-39-20-15-34-69(77)70-35-16-21-40-78(70)91/h7-55H,56H2,1-6H3. The van der Waals surface area contributed by atoms with E-state index in [9.17, 15) is 0 Å². The van der Waals surface area contributed by atoms with Gasteiger partial charge in [-0.2, -0.15) is 0 Å². The zero-order valence-corrected chi connectivity index (χ0v) is 53.1. The van der Waals surface area contributed by atoms with Gasteiger partial charge in [0.2, 0.25) is 0 Å². The zero-order valence-electron chi connectivity index (χ0n) is 53.1. The molecule has 6 heteroatoms. The van der Waals surface area contributed by atoms with E-state index in [1.807, 2.05) is 6.20 Å². The van der Waals surface area contributed by atoms with Crippen LogP contribution in [-0.2, 0) is 16.2 Å². The predicted octanol–water partition coefficient (Wildman–Crippen LogP) is 22.6. The summed E-state index contributed by atoms with van der Waals surface area (Å²) in [6, 6.07) is 107. The fourth-order valence-corrected chi connectivity index (χ4v) is 15.2. The molecule has 0 atom stereocenters. The molecule has 0 saturated heterocycles. The van der Waals surface area contributed by atoms with Gasteiger partial charge >= 0.3 is 0 Å². The Morgan fingerprint density at radius 2 is 0.849 bits per heavy atom. The molecule has 1 aliphatic heterocycles. The van der Waals surface area contributed by atoms with Crippen LogP contribution >= 0.6 is 0 Å². The second-order valence-corrected chi connectivity index (χ2v) is 27.2. The van der Waals surface area contributed by atoms with E-state index in [4.69, 9.17) is 9.72 Å². The average Bonchev–Trinajstić information content (AvgIpc) is 1.57. The number of rotatable bonds is 10. The second kappa shape index (κ2) is 21.5. The fourth-order valence-electron chi connectivity index (χ4n) is 15.2. The van der Waals surface area contributed by atoms with Crippen molar-refractivity contribution >= 4 is 66.4 Å². The molecule has 448 valence electrons. The Morgan fingerprint density at radius 3 is 1.43 bits per heavy atom. The molecule has 0 saturated carbocycles. The van der Waals surface area contributed by atoms with Crippen LogP contribution in [-0.4, -0.2) is 20.8 Å². The molecule has 93 heavy (non-hydrogen) atoms. The van der Waals surface area contributed by atoms with E-state index in [0.29, 0.717) is 6.67 Å². The maximum absolute atomic E-state index is 7.09. The summed E-state index contributed by atoms with van der Waals surface area (Å²) in [6.45, 7) is 14.6. The third-order valence-corrected chi connectivity index (χ3v) is 19.6. The van der Waals surface area contributed by atoms with Crippen molar-refractivity contribution in [3.05, 3.63) is 331 Å². The van der Waals surface area contributed by atoms with Gasteiger partial charge in [-0.3, -0.25) is 4.57 Å². The van der Waals surface area contributed by atoms with E-state index < -0.39 is 5.41 Å². The Balaban J connectivity index is 0.774. The molecule has 6 nitrogen and oxygen atoms in total. The minimum absolute atomic E-state index is 0.0890. The first-order chi connectivity index (χ1) is 45.4. The van der Waals surface area contributed by atoms with Gasteiger partial charge < -0.3 is 19.1 Å². The summed E-state index contributed by atoms with van der Waals surface area (Å²) in [7, 11) is 0. The van der Waals surface area contributed by atoms with Crippen molar-refractivity contribution in [1.82, 2.24) is 14.1 Å². The minimum Gasteiger partial charge on any atom is -0.457 e. The lowest BCUT2D eigenvalue weighted by atomic mass is 9.65. The van der Waals surface area contributed by atoms with Gasteiger partial charge in [0.25, 0.3) is 0 Å². The largest absolute Gasteiger partial charge is 0.457 e. The molecule has 4 heterocycles. The van der Waals surface area contributed by atoms with Gasteiger partial charge in [0.05, 0.1) is 44.5 Å². The third-order valence-electron chi connectivity index (χ3n) is 19.6. The summed E-state index contributed by atoms with van der Waals surface area (Å²) in [5, 5.41) is 4.74. The summed E-state index contributed by atoms with van der Waals surface area (Å²) < 4.78 is 11.9. The number of fused-ring (bicyclic) bond motifs is 10. The van der Waals surface area contributed by atoms with Crippen molar-refractivity contribution in [2.24, 2.45) is 0 Å². The van der Waals surface area contributed by atoms with Crippen molar-refractivity contribution in [1.29, 1.82) is 0 Å². The second-order valence-electron chi connectivity index (χ2n) is 27.2. The molecule has 0 radical (unpaired) electrons. The lowest BCUT2D eigenvalue weighted by Gasteiger charge is -2.36. The Hall–Kier alpha value is -11.2. The van der Waals surface area contributed by atoms with Crippen LogP contribution in [0.5, 0.6) is 11.5 Å². The Labute approximate surface area is 543 Å². The molecule has 0 N–H and O–H groups in total. The summed E-state index contributed by atoms with van der Waals surface area (Å²) in [4.78, 5) is 10.2. The Bertz CT molecular complexity index is 5260. The third kappa shape index (κ3) is 9.02. The predicted molar refractivity (Wildman–Crippen MR) is 387 cm³/mol. The number of ether oxygens (including phenoxy) is 1. The average molecular weight is 1200 g/mol. The van der Waals surface area contributed by atoms with E-state index in [1.165, 1.54) is 60.8 Å². The van der Waals surface area contributed by atoms with E-state index in [1.54, 1.807) is 0 Å². The van der Waals surface area contributed by atoms with Crippen molar-refractivity contribution in [2.75, 3.05) is 16.5 Å². The smallest absolute Gasteiger partial charge is 0.137 e. The minimum atomic E-state index is -0.648. The maximum Gasteiger partial charge on any atom is 0.137 e. The monoisotopic (exact) mass is 1200 g/mol. The highest BCUT2D eigenvalue weighted by atomic mass is 16.5. The van der Waals surface area contributed by atoms with E-state index in [0.717, 1.165) is 95.4 Å². The molecule has 0 unspecified atom stereocenters.